The Morgan fingerprint density at radius 2 is 2.04 bits per heavy atom. The number of unbranched alkanes of at least 4 members (excludes halogenated alkanes) is 1. The number of hydrogen-bond donors (Lipinski definition) is 3. The van der Waals surface area contributed by atoms with Crippen molar-refractivity contribution in [2.45, 2.75) is 40.0 Å². The molecule has 0 spiro atoms. The van der Waals surface area contributed by atoms with Gasteiger partial charge in [0.25, 0.3) is 0 Å². The van der Waals surface area contributed by atoms with E-state index in [4.69, 9.17) is 16.3 Å². The number of nitrogens with zero attached hydrogens (tertiary/aromatic N) is 1. The number of carbonyl (C=O) groups excluding carboxylic acids is 1. The van der Waals surface area contributed by atoms with Crippen LogP contribution in [0.2, 0.25) is 5.02 Å². The highest BCUT2D eigenvalue weighted by Crippen LogP contribution is 2.22. The van der Waals surface area contributed by atoms with Crippen LogP contribution in [0.5, 0.6) is 0 Å². The Morgan fingerprint density at radius 3 is 2.77 bits per heavy atom. The van der Waals surface area contributed by atoms with Crippen LogP contribution < -0.4 is 16.0 Å². The summed E-state index contributed by atoms with van der Waals surface area (Å²) >= 11 is 6.07. The molecule has 0 saturated carbocycles. The van der Waals surface area contributed by atoms with Gasteiger partial charge in [-0.1, -0.05) is 17.7 Å². The van der Waals surface area contributed by atoms with Crippen molar-refractivity contribution in [3.8, 4) is 0 Å². The quantitative estimate of drug-likeness (QED) is 0.311. The number of benzene rings is 1. The van der Waals surface area contributed by atoms with E-state index in [1.54, 1.807) is 0 Å². The normalized spacial score (nSPS) is 11.3. The lowest BCUT2D eigenvalue weighted by molar-refractivity contribution is -0.116. The number of amides is 1. The molecule has 0 atom stereocenters. The Bertz CT molecular complexity index is 579. The van der Waals surface area contributed by atoms with E-state index in [2.05, 4.69) is 20.9 Å². The number of hydrogen-bond acceptors (Lipinski definition) is 3. The first-order valence-corrected chi connectivity index (χ1v) is 9.61. The fourth-order valence-corrected chi connectivity index (χ4v) is 2.42. The molecule has 26 heavy (non-hydrogen) atoms. The Kier molecular flexibility index (Phi) is 11.5. The highest BCUT2D eigenvalue weighted by Gasteiger charge is 2.07. The molecule has 7 heteroatoms. The number of guanidine groups is 1. The minimum absolute atomic E-state index is 0.0598. The predicted octanol–water partition coefficient (Wildman–Crippen LogP) is 3.35. The second-order valence-electron chi connectivity index (χ2n) is 5.80. The second-order valence-corrected chi connectivity index (χ2v) is 6.21. The van der Waals surface area contributed by atoms with Crippen LogP contribution >= 0.6 is 11.6 Å². The highest BCUT2D eigenvalue weighted by molar-refractivity contribution is 6.31. The summed E-state index contributed by atoms with van der Waals surface area (Å²) < 4.78 is 5.31. The van der Waals surface area contributed by atoms with E-state index in [-0.39, 0.29) is 5.91 Å². The van der Waals surface area contributed by atoms with Crippen LogP contribution in [-0.2, 0) is 9.53 Å². The van der Waals surface area contributed by atoms with E-state index < -0.39 is 0 Å². The van der Waals surface area contributed by atoms with E-state index in [0.717, 1.165) is 56.4 Å². The van der Waals surface area contributed by atoms with Crippen molar-refractivity contribution in [3.05, 3.63) is 28.8 Å². The SMILES string of the molecule is CCNC(=NCCCCOCC)NCCC(=O)Nc1cccc(Cl)c1C. The van der Waals surface area contributed by atoms with E-state index in [0.29, 0.717) is 18.0 Å². The Hall–Kier alpha value is -1.79. The number of anilines is 1. The van der Waals surface area contributed by atoms with Crippen molar-refractivity contribution in [2.24, 2.45) is 4.99 Å². The van der Waals surface area contributed by atoms with Gasteiger partial charge in [-0.05, 0) is 51.3 Å². The summed E-state index contributed by atoms with van der Waals surface area (Å²) in [4.78, 5) is 16.6. The fourth-order valence-electron chi connectivity index (χ4n) is 2.24. The van der Waals surface area contributed by atoms with Crippen molar-refractivity contribution in [3.63, 3.8) is 0 Å². The summed E-state index contributed by atoms with van der Waals surface area (Å²) in [7, 11) is 0. The van der Waals surface area contributed by atoms with E-state index >= 15 is 0 Å². The number of rotatable bonds is 11. The number of nitrogens with one attached hydrogen (secondary N) is 3. The highest BCUT2D eigenvalue weighted by atomic mass is 35.5. The Labute approximate surface area is 161 Å². The molecule has 0 heterocycles. The lowest BCUT2D eigenvalue weighted by atomic mass is 10.2. The number of aliphatic imine (C=N–C) groups is 1. The zero-order valence-electron chi connectivity index (χ0n) is 16.0. The van der Waals surface area contributed by atoms with Crippen LogP contribution in [-0.4, -0.2) is 44.7 Å². The first-order chi connectivity index (χ1) is 12.6. The van der Waals surface area contributed by atoms with Gasteiger partial charge in [-0.2, -0.15) is 0 Å². The van der Waals surface area contributed by atoms with Gasteiger partial charge in [0.1, 0.15) is 0 Å². The summed E-state index contributed by atoms with van der Waals surface area (Å²) in [5.74, 6) is 0.672. The minimum atomic E-state index is -0.0598. The molecule has 1 aromatic rings. The topological polar surface area (TPSA) is 74.8 Å². The van der Waals surface area contributed by atoms with Gasteiger partial charge in [0, 0.05) is 50.0 Å². The zero-order chi connectivity index (χ0) is 19.2. The molecule has 0 bridgehead atoms. The molecule has 146 valence electrons. The first-order valence-electron chi connectivity index (χ1n) is 9.23. The maximum Gasteiger partial charge on any atom is 0.226 e. The summed E-state index contributed by atoms with van der Waals surface area (Å²) in [5, 5.41) is 9.91. The number of halogens is 1. The number of carbonyl (C=O) groups is 1. The summed E-state index contributed by atoms with van der Waals surface area (Å²) in [6.45, 7) is 9.45. The van der Waals surface area contributed by atoms with Crippen LogP contribution in [0.3, 0.4) is 0 Å². The van der Waals surface area contributed by atoms with Gasteiger partial charge in [0.15, 0.2) is 5.96 Å². The lowest BCUT2D eigenvalue weighted by Gasteiger charge is -2.12. The average Bonchev–Trinajstić information content (AvgIpc) is 2.62. The Balaban J connectivity index is 2.34. The summed E-state index contributed by atoms with van der Waals surface area (Å²) in [6.07, 6.45) is 2.32. The van der Waals surface area contributed by atoms with Gasteiger partial charge in [0.05, 0.1) is 0 Å². The molecule has 0 fully saturated rings. The standard InChI is InChI=1S/C19H31ClN4O2/c1-4-21-19(22-12-6-7-14-26-5-2)23-13-11-18(25)24-17-10-8-9-16(20)15(17)3/h8-10H,4-7,11-14H2,1-3H3,(H,24,25)(H2,21,22,23). The molecule has 1 aromatic carbocycles. The van der Waals surface area contributed by atoms with Crippen molar-refractivity contribution in [1.82, 2.24) is 10.6 Å². The van der Waals surface area contributed by atoms with Gasteiger partial charge < -0.3 is 20.7 Å². The first kappa shape index (κ1) is 22.3. The fraction of sp³-hybridized carbons (Fsp3) is 0.579. The van der Waals surface area contributed by atoms with Crippen LogP contribution in [0, 0.1) is 6.92 Å². The summed E-state index contributed by atoms with van der Waals surface area (Å²) in [6, 6.07) is 5.48. The van der Waals surface area contributed by atoms with Crippen molar-refractivity contribution >= 4 is 29.2 Å². The van der Waals surface area contributed by atoms with Gasteiger partial charge in [-0.3, -0.25) is 9.79 Å². The van der Waals surface area contributed by atoms with Gasteiger partial charge in [0.2, 0.25) is 5.91 Å². The van der Waals surface area contributed by atoms with Gasteiger partial charge in [-0.25, -0.2) is 0 Å². The molecule has 0 aliphatic carbocycles. The molecule has 0 aliphatic rings. The number of ether oxygens (including phenoxy) is 1. The molecule has 0 unspecified atom stereocenters. The van der Waals surface area contributed by atoms with E-state index in [1.165, 1.54) is 0 Å². The average molecular weight is 383 g/mol. The second kappa shape index (κ2) is 13.4. The lowest BCUT2D eigenvalue weighted by Crippen LogP contribution is -2.38. The maximum atomic E-state index is 12.1. The summed E-state index contributed by atoms with van der Waals surface area (Å²) in [5.41, 5.74) is 1.62. The van der Waals surface area contributed by atoms with Gasteiger partial charge in [-0.15, -0.1) is 0 Å². The molecule has 0 radical (unpaired) electrons. The van der Waals surface area contributed by atoms with E-state index in [9.17, 15) is 4.79 Å². The van der Waals surface area contributed by atoms with E-state index in [1.807, 2.05) is 39.0 Å². The monoisotopic (exact) mass is 382 g/mol. The minimum Gasteiger partial charge on any atom is -0.382 e. The molecular formula is C19H31ClN4O2. The predicted molar refractivity (Wildman–Crippen MR) is 109 cm³/mol. The van der Waals surface area contributed by atoms with Crippen molar-refractivity contribution in [2.75, 3.05) is 38.2 Å². The molecule has 6 nitrogen and oxygen atoms in total. The smallest absolute Gasteiger partial charge is 0.226 e. The van der Waals surface area contributed by atoms with Crippen LogP contribution in [0.4, 0.5) is 5.69 Å². The van der Waals surface area contributed by atoms with Crippen molar-refractivity contribution in [1.29, 1.82) is 0 Å². The zero-order valence-corrected chi connectivity index (χ0v) is 16.8. The van der Waals surface area contributed by atoms with Crippen molar-refractivity contribution < 1.29 is 9.53 Å². The largest absolute Gasteiger partial charge is 0.382 e. The third-order valence-electron chi connectivity index (χ3n) is 3.70. The molecular weight excluding hydrogens is 352 g/mol. The maximum absolute atomic E-state index is 12.1. The third kappa shape index (κ3) is 9.06. The molecule has 0 aromatic heterocycles. The molecule has 0 aliphatic heterocycles. The molecule has 1 rings (SSSR count). The molecule has 0 saturated heterocycles. The van der Waals surface area contributed by atoms with Gasteiger partial charge >= 0.3 is 0 Å². The molecule has 1 amide bonds. The van der Waals surface area contributed by atoms with Crippen LogP contribution in [0.25, 0.3) is 0 Å². The van der Waals surface area contributed by atoms with Crippen LogP contribution in [0.15, 0.2) is 23.2 Å². The Morgan fingerprint density at radius 1 is 1.23 bits per heavy atom. The van der Waals surface area contributed by atoms with Crippen LogP contribution in [0.1, 0.15) is 38.7 Å². The third-order valence-corrected chi connectivity index (χ3v) is 4.11. The molecule has 3 N–H and O–H groups in total.